The highest BCUT2D eigenvalue weighted by molar-refractivity contribution is 6.04. The molecule has 6 heteroatoms. The molecule has 1 fully saturated rings. The van der Waals surface area contributed by atoms with Crippen molar-refractivity contribution in [3.8, 4) is 0 Å². The molecule has 1 aromatic carbocycles. The number of anilines is 3. The minimum Gasteiger partial charge on any atom is -0.399 e. The molecule has 1 aliphatic heterocycles. The predicted molar refractivity (Wildman–Crippen MR) is 86.1 cm³/mol. The van der Waals surface area contributed by atoms with E-state index in [4.69, 9.17) is 10.5 Å². The van der Waals surface area contributed by atoms with Crippen LogP contribution < -0.4 is 16.0 Å². The molecule has 0 unspecified atom stereocenters. The number of hydrogen-bond acceptors (Lipinski definition) is 5. The number of aromatic nitrogens is 1. The van der Waals surface area contributed by atoms with Crippen molar-refractivity contribution in [2.24, 2.45) is 0 Å². The normalized spacial score (nSPS) is 14.6. The van der Waals surface area contributed by atoms with Gasteiger partial charge in [-0.2, -0.15) is 0 Å². The number of nitrogen functional groups attached to an aromatic ring is 1. The van der Waals surface area contributed by atoms with E-state index in [0.29, 0.717) is 17.1 Å². The van der Waals surface area contributed by atoms with Gasteiger partial charge in [0.05, 0.1) is 25.1 Å². The van der Waals surface area contributed by atoms with Crippen molar-refractivity contribution in [1.82, 2.24) is 4.98 Å². The number of benzene rings is 1. The fourth-order valence-electron chi connectivity index (χ4n) is 2.34. The number of morpholine rings is 1. The molecule has 1 saturated heterocycles. The van der Waals surface area contributed by atoms with Crippen LogP contribution in [0.15, 0.2) is 42.6 Å². The number of rotatable bonds is 3. The smallest absolute Gasteiger partial charge is 0.256 e. The molecule has 0 atom stereocenters. The van der Waals surface area contributed by atoms with Crippen molar-refractivity contribution in [1.29, 1.82) is 0 Å². The van der Waals surface area contributed by atoms with Gasteiger partial charge in [-0.1, -0.05) is 6.07 Å². The number of amides is 1. The first-order valence-corrected chi connectivity index (χ1v) is 7.18. The Hall–Kier alpha value is -2.60. The third-order valence-corrected chi connectivity index (χ3v) is 3.51. The Balaban J connectivity index is 1.66. The second kappa shape index (κ2) is 6.44. The van der Waals surface area contributed by atoms with Gasteiger partial charge in [-0.3, -0.25) is 4.79 Å². The van der Waals surface area contributed by atoms with Gasteiger partial charge in [-0.05, 0) is 30.3 Å². The highest BCUT2D eigenvalue weighted by Crippen LogP contribution is 2.17. The third kappa shape index (κ3) is 3.35. The second-order valence-electron chi connectivity index (χ2n) is 5.08. The molecule has 0 bridgehead atoms. The molecule has 3 rings (SSSR count). The Kier molecular flexibility index (Phi) is 4.20. The van der Waals surface area contributed by atoms with Crippen LogP contribution in [0, 0.1) is 0 Å². The van der Waals surface area contributed by atoms with E-state index in [-0.39, 0.29) is 5.91 Å². The summed E-state index contributed by atoms with van der Waals surface area (Å²) in [5.74, 6) is 0.295. The average molecular weight is 298 g/mol. The molecule has 22 heavy (non-hydrogen) atoms. The first-order chi connectivity index (χ1) is 10.7. The summed E-state index contributed by atoms with van der Waals surface area (Å²) in [4.78, 5) is 18.6. The van der Waals surface area contributed by atoms with Gasteiger partial charge in [0.15, 0.2) is 0 Å². The number of nitrogens with two attached hydrogens (primary N) is 1. The third-order valence-electron chi connectivity index (χ3n) is 3.51. The number of nitrogens with zero attached hydrogens (tertiary/aromatic N) is 2. The monoisotopic (exact) mass is 298 g/mol. The number of pyridine rings is 1. The van der Waals surface area contributed by atoms with Gasteiger partial charge in [0.1, 0.15) is 5.82 Å². The van der Waals surface area contributed by atoms with Crippen LogP contribution >= 0.6 is 0 Å². The highest BCUT2D eigenvalue weighted by atomic mass is 16.5. The summed E-state index contributed by atoms with van der Waals surface area (Å²) in [5, 5.41) is 2.77. The van der Waals surface area contributed by atoms with Gasteiger partial charge in [-0.15, -0.1) is 0 Å². The van der Waals surface area contributed by atoms with Crippen molar-refractivity contribution in [3.63, 3.8) is 0 Å². The summed E-state index contributed by atoms with van der Waals surface area (Å²) in [6, 6.07) is 10.6. The largest absolute Gasteiger partial charge is 0.399 e. The number of nitrogens with one attached hydrogen (secondary N) is 1. The van der Waals surface area contributed by atoms with Crippen LogP contribution in [0.2, 0.25) is 0 Å². The zero-order chi connectivity index (χ0) is 15.4. The maximum Gasteiger partial charge on any atom is 0.256 e. The van der Waals surface area contributed by atoms with Crippen LogP contribution in [-0.2, 0) is 4.74 Å². The fraction of sp³-hybridized carbons (Fsp3) is 0.250. The van der Waals surface area contributed by atoms with Gasteiger partial charge in [0.25, 0.3) is 5.91 Å². The Morgan fingerprint density at radius 2 is 2.05 bits per heavy atom. The molecule has 0 saturated carbocycles. The van der Waals surface area contributed by atoms with Crippen LogP contribution in [0.3, 0.4) is 0 Å². The van der Waals surface area contributed by atoms with Crippen LogP contribution in [0.25, 0.3) is 0 Å². The molecule has 2 heterocycles. The summed E-state index contributed by atoms with van der Waals surface area (Å²) in [6.45, 7) is 3.18. The molecule has 0 spiro atoms. The summed E-state index contributed by atoms with van der Waals surface area (Å²) < 4.78 is 5.33. The highest BCUT2D eigenvalue weighted by Gasteiger charge is 2.12. The van der Waals surface area contributed by atoms with E-state index in [1.54, 1.807) is 36.5 Å². The van der Waals surface area contributed by atoms with Gasteiger partial charge in [0.2, 0.25) is 0 Å². The number of carbonyl (C=O) groups excluding carboxylic acids is 1. The standard InChI is InChI=1S/C16H18N4O2/c17-13-3-1-2-12(10-13)16(21)19-15-5-4-14(11-18-15)20-6-8-22-9-7-20/h1-5,10-11H,6-9,17H2,(H,18,19,21). The van der Waals surface area contributed by atoms with Crippen molar-refractivity contribution in [2.45, 2.75) is 0 Å². The summed E-state index contributed by atoms with van der Waals surface area (Å²) in [5.41, 5.74) is 7.79. The van der Waals surface area contributed by atoms with Gasteiger partial charge in [0, 0.05) is 24.3 Å². The van der Waals surface area contributed by atoms with Crippen LogP contribution in [0.1, 0.15) is 10.4 Å². The maximum absolute atomic E-state index is 12.1. The Morgan fingerprint density at radius 3 is 2.73 bits per heavy atom. The Morgan fingerprint density at radius 1 is 1.23 bits per heavy atom. The maximum atomic E-state index is 12.1. The van der Waals surface area contributed by atoms with Gasteiger partial charge >= 0.3 is 0 Å². The molecule has 0 aliphatic carbocycles. The molecular formula is C16H18N4O2. The van der Waals surface area contributed by atoms with E-state index in [2.05, 4.69) is 15.2 Å². The lowest BCUT2D eigenvalue weighted by Crippen LogP contribution is -2.36. The van der Waals surface area contributed by atoms with E-state index < -0.39 is 0 Å². The minimum absolute atomic E-state index is 0.223. The molecule has 0 radical (unpaired) electrons. The van der Waals surface area contributed by atoms with Crippen LogP contribution in [0.4, 0.5) is 17.2 Å². The van der Waals surface area contributed by atoms with Crippen LogP contribution in [0.5, 0.6) is 0 Å². The molecule has 1 aromatic heterocycles. The van der Waals surface area contributed by atoms with E-state index in [0.717, 1.165) is 32.0 Å². The van der Waals surface area contributed by atoms with Crippen molar-refractivity contribution >= 4 is 23.1 Å². The van der Waals surface area contributed by atoms with E-state index >= 15 is 0 Å². The molecule has 1 aliphatic rings. The zero-order valence-corrected chi connectivity index (χ0v) is 12.2. The van der Waals surface area contributed by atoms with E-state index in [1.165, 1.54) is 0 Å². The second-order valence-corrected chi connectivity index (χ2v) is 5.08. The molecule has 3 N–H and O–H groups in total. The predicted octanol–water partition coefficient (Wildman–Crippen LogP) is 1.75. The number of carbonyl (C=O) groups is 1. The van der Waals surface area contributed by atoms with Gasteiger partial charge in [-0.25, -0.2) is 4.98 Å². The minimum atomic E-state index is -0.223. The van der Waals surface area contributed by atoms with Crippen molar-refractivity contribution in [2.75, 3.05) is 42.3 Å². The fourth-order valence-corrected chi connectivity index (χ4v) is 2.34. The molecule has 1 amide bonds. The Bertz CT molecular complexity index is 651. The summed E-state index contributed by atoms with van der Waals surface area (Å²) >= 11 is 0. The quantitative estimate of drug-likeness (QED) is 0.844. The molecule has 2 aromatic rings. The number of ether oxygens (including phenoxy) is 1. The molecule has 6 nitrogen and oxygen atoms in total. The Labute approximate surface area is 128 Å². The lowest BCUT2D eigenvalue weighted by molar-refractivity contribution is 0.102. The molecular weight excluding hydrogens is 280 g/mol. The van der Waals surface area contributed by atoms with Crippen molar-refractivity contribution < 1.29 is 9.53 Å². The van der Waals surface area contributed by atoms with Crippen molar-refractivity contribution in [3.05, 3.63) is 48.2 Å². The van der Waals surface area contributed by atoms with E-state index in [9.17, 15) is 4.79 Å². The lowest BCUT2D eigenvalue weighted by atomic mass is 10.2. The van der Waals surface area contributed by atoms with Gasteiger partial charge < -0.3 is 20.7 Å². The van der Waals surface area contributed by atoms with E-state index in [1.807, 2.05) is 6.07 Å². The first-order valence-electron chi connectivity index (χ1n) is 7.18. The summed E-state index contributed by atoms with van der Waals surface area (Å²) in [7, 11) is 0. The first kappa shape index (κ1) is 14.3. The topological polar surface area (TPSA) is 80.5 Å². The van der Waals surface area contributed by atoms with Crippen LogP contribution in [-0.4, -0.2) is 37.2 Å². The molecule has 114 valence electrons. The summed E-state index contributed by atoms with van der Waals surface area (Å²) in [6.07, 6.45) is 1.76. The number of hydrogen-bond donors (Lipinski definition) is 2. The average Bonchev–Trinajstić information content (AvgIpc) is 2.56. The zero-order valence-electron chi connectivity index (χ0n) is 12.2. The lowest BCUT2D eigenvalue weighted by Gasteiger charge is -2.28. The SMILES string of the molecule is Nc1cccc(C(=O)Nc2ccc(N3CCOCC3)cn2)c1.